The van der Waals surface area contributed by atoms with Crippen molar-refractivity contribution in [3.63, 3.8) is 0 Å². The second-order valence-corrected chi connectivity index (χ2v) is 10.6. The standard InChI is InChI=1S/C23H28N4O4S/c1-27-15-19-13-18(6-7-21(19)32(27,29)30)17-4-2-16(3-5-17)12-20(14-24)26-22(28)23(25)8-10-31-11-9-23/h2-7,13,20,29-30H,8-12,15,25H2,1H3,(H,26,28)/t20-/m0/s1. The minimum Gasteiger partial charge on any atom is -0.381 e. The Balaban J connectivity index is 1.43. The Labute approximate surface area is 189 Å². The maximum absolute atomic E-state index is 12.6. The van der Waals surface area contributed by atoms with Crippen LogP contribution in [0.3, 0.4) is 0 Å². The van der Waals surface area contributed by atoms with E-state index in [-0.39, 0.29) is 5.91 Å². The lowest BCUT2D eigenvalue weighted by atomic mass is 9.90. The number of nitrogens with one attached hydrogen (secondary N) is 1. The van der Waals surface area contributed by atoms with E-state index in [2.05, 4.69) is 11.4 Å². The molecule has 1 saturated heterocycles. The summed E-state index contributed by atoms with van der Waals surface area (Å²) in [5.41, 5.74) is 9.03. The number of carbonyl (C=O) groups is 1. The predicted octanol–water partition coefficient (Wildman–Crippen LogP) is 2.88. The number of ether oxygens (including phenoxy) is 1. The van der Waals surface area contributed by atoms with Crippen LogP contribution in [0.25, 0.3) is 11.1 Å². The van der Waals surface area contributed by atoms with Crippen molar-refractivity contribution in [2.45, 2.75) is 42.3 Å². The third-order valence-electron chi connectivity index (χ3n) is 6.21. The van der Waals surface area contributed by atoms with Crippen LogP contribution in [0.1, 0.15) is 24.0 Å². The minimum atomic E-state index is -2.88. The van der Waals surface area contributed by atoms with Crippen LogP contribution < -0.4 is 11.1 Å². The molecule has 0 unspecified atom stereocenters. The molecule has 2 aromatic carbocycles. The zero-order chi connectivity index (χ0) is 22.9. The van der Waals surface area contributed by atoms with Crippen LogP contribution in [0.2, 0.25) is 0 Å². The van der Waals surface area contributed by atoms with Crippen molar-refractivity contribution in [2.75, 3.05) is 20.3 Å². The topological polar surface area (TPSA) is 132 Å². The number of hydrogen-bond donors (Lipinski definition) is 4. The van der Waals surface area contributed by atoms with Gasteiger partial charge in [-0.2, -0.15) is 5.26 Å². The number of fused-ring (bicyclic) bond motifs is 1. The maximum atomic E-state index is 12.6. The molecule has 0 aliphatic carbocycles. The zero-order valence-corrected chi connectivity index (χ0v) is 18.8. The van der Waals surface area contributed by atoms with Gasteiger partial charge in [-0.25, -0.2) is 4.31 Å². The van der Waals surface area contributed by atoms with Crippen LogP contribution in [0, 0.1) is 11.3 Å². The molecule has 4 rings (SSSR count). The number of carbonyl (C=O) groups excluding carboxylic acids is 1. The molecular weight excluding hydrogens is 428 g/mol. The fraction of sp³-hybridized carbons (Fsp3) is 0.391. The van der Waals surface area contributed by atoms with Crippen LogP contribution in [0.15, 0.2) is 47.4 Å². The van der Waals surface area contributed by atoms with Gasteiger partial charge in [-0.3, -0.25) is 13.9 Å². The molecule has 2 aromatic rings. The second kappa shape index (κ2) is 8.83. The lowest BCUT2D eigenvalue weighted by Crippen LogP contribution is -2.58. The Morgan fingerprint density at radius 3 is 2.56 bits per heavy atom. The van der Waals surface area contributed by atoms with Gasteiger partial charge in [0, 0.05) is 33.2 Å². The van der Waals surface area contributed by atoms with E-state index >= 15 is 0 Å². The molecule has 170 valence electrons. The van der Waals surface area contributed by atoms with Crippen molar-refractivity contribution in [3.05, 3.63) is 53.6 Å². The summed E-state index contributed by atoms with van der Waals surface area (Å²) < 4.78 is 27.4. The van der Waals surface area contributed by atoms with Crippen LogP contribution >= 0.6 is 10.8 Å². The Hall–Kier alpha value is -2.45. The Bertz CT molecular complexity index is 1040. The summed E-state index contributed by atoms with van der Waals surface area (Å²) in [6.45, 7) is 1.38. The van der Waals surface area contributed by atoms with Gasteiger partial charge in [0.15, 0.2) is 0 Å². The van der Waals surface area contributed by atoms with Crippen LogP contribution in [-0.4, -0.2) is 51.2 Å². The van der Waals surface area contributed by atoms with E-state index in [9.17, 15) is 19.2 Å². The van der Waals surface area contributed by atoms with Crippen molar-refractivity contribution in [2.24, 2.45) is 5.73 Å². The highest BCUT2D eigenvalue weighted by atomic mass is 32.3. The van der Waals surface area contributed by atoms with Gasteiger partial charge in [0.05, 0.1) is 16.5 Å². The van der Waals surface area contributed by atoms with E-state index in [1.165, 1.54) is 0 Å². The molecule has 1 atom stereocenters. The molecular formula is C23H28N4O4S. The van der Waals surface area contributed by atoms with Crippen molar-refractivity contribution in [3.8, 4) is 17.2 Å². The summed E-state index contributed by atoms with van der Waals surface area (Å²) in [5.74, 6) is -0.307. The number of nitriles is 1. The van der Waals surface area contributed by atoms with Crippen molar-refractivity contribution >= 4 is 16.7 Å². The number of hydrogen-bond acceptors (Lipinski definition) is 7. The molecule has 2 heterocycles. The highest BCUT2D eigenvalue weighted by Gasteiger charge is 2.37. The van der Waals surface area contributed by atoms with Gasteiger partial charge in [-0.15, -0.1) is 10.8 Å². The molecule has 1 amide bonds. The van der Waals surface area contributed by atoms with Gasteiger partial charge in [0.1, 0.15) is 6.04 Å². The summed E-state index contributed by atoms with van der Waals surface area (Å²) in [5, 5.41) is 12.3. The molecule has 32 heavy (non-hydrogen) atoms. The zero-order valence-electron chi connectivity index (χ0n) is 18.0. The molecule has 0 spiro atoms. The molecule has 0 saturated carbocycles. The van der Waals surface area contributed by atoms with E-state index in [1.807, 2.05) is 36.4 Å². The summed E-state index contributed by atoms with van der Waals surface area (Å²) in [4.78, 5) is 13.2. The Kier molecular flexibility index (Phi) is 6.27. The van der Waals surface area contributed by atoms with Gasteiger partial charge in [-0.05, 0) is 47.2 Å². The molecule has 2 aliphatic rings. The normalized spacial score (nSPS) is 21.2. The van der Waals surface area contributed by atoms with E-state index in [4.69, 9.17) is 10.5 Å². The fourth-order valence-corrected chi connectivity index (χ4v) is 5.49. The van der Waals surface area contributed by atoms with Gasteiger partial charge in [0.25, 0.3) is 0 Å². The van der Waals surface area contributed by atoms with Crippen molar-refractivity contribution in [1.29, 1.82) is 5.26 Å². The highest BCUT2D eigenvalue weighted by molar-refractivity contribution is 8.22. The quantitative estimate of drug-likeness (QED) is 0.544. The molecule has 0 radical (unpaired) electrons. The van der Waals surface area contributed by atoms with Gasteiger partial charge in [-0.1, -0.05) is 30.3 Å². The van der Waals surface area contributed by atoms with E-state index in [0.717, 1.165) is 22.3 Å². The molecule has 2 aliphatic heterocycles. The van der Waals surface area contributed by atoms with Gasteiger partial charge < -0.3 is 15.8 Å². The van der Waals surface area contributed by atoms with E-state index in [1.54, 1.807) is 17.4 Å². The van der Waals surface area contributed by atoms with Crippen LogP contribution in [0.4, 0.5) is 0 Å². The molecule has 9 heteroatoms. The Morgan fingerprint density at radius 2 is 1.91 bits per heavy atom. The third-order valence-corrected chi connectivity index (χ3v) is 8.20. The number of benzene rings is 2. The van der Waals surface area contributed by atoms with E-state index in [0.29, 0.717) is 43.9 Å². The fourth-order valence-electron chi connectivity index (χ4n) is 4.11. The lowest BCUT2D eigenvalue weighted by molar-refractivity contribution is -0.130. The smallest absolute Gasteiger partial charge is 0.241 e. The summed E-state index contributed by atoms with van der Waals surface area (Å²) in [6, 6.07) is 14.9. The first-order valence-electron chi connectivity index (χ1n) is 10.5. The lowest BCUT2D eigenvalue weighted by Gasteiger charge is -2.34. The number of nitrogens with two attached hydrogens (primary N) is 1. The first-order chi connectivity index (χ1) is 15.2. The largest absolute Gasteiger partial charge is 0.381 e. The van der Waals surface area contributed by atoms with Gasteiger partial charge in [0.2, 0.25) is 5.91 Å². The average molecular weight is 457 g/mol. The second-order valence-electron chi connectivity index (χ2n) is 8.45. The first-order valence-corrected chi connectivity index (χ1v) is 12.0. The van der Waals surface area contributed by atoms with Gasteiger partial charge >= 0.3 is 0 Å². The summed E-state index contributed by atoms with van der Waals surface area (Å²) in [7, 11) is -1.18. The first kappa shape index (κ1) is 22.7. The van der Waals surface area contributed by atoms with Crippen molar-refractivity contribution in [1.82, 2.24) is 9.62 Å². The van der Waals surface area contributed by atoms with E-state index < -0.39 is 22.4 Å². The SMILES string of the molecule is CN1Cc2cc(-c3ccc(C[C@@H](C#N)NC(=O)C4(N)CCOCC4)cc3)ccc2S1(O)O. The average Bonchev–Trinajstić information content (AvgIpc) is 3.01. The molecule has 0 bridgehead atoms. The highest BCUT2D eigenvalue weighted by Crippen LogP contribution is 2.58. The molecule has 1 fully saturated rings. The summed E-state index contributed by atoms with van der Waals surface area (Å²) in [6.07, 6.45) is 1.26. The maximum Gasteiger partial charge on any atom is 0.241 e. The molecule has 8 nitrogen and oxygen atoms in total. The number of amides is 1. The van der Waals surface area contributed by atoms with Crippen LogP contribution in [-0.2, 0) is 22.5 Å². The predicted molar refractivity (Wildman–Crippen MR) is 123 cm³/mol. The molecule has 0 aromatic heterocycles. The number of rotatable bonds is 5. The van der Waals surface area contributed by atoms with Crippen LogP contribution in [0.5, 0.6) is 0 Å². The monoisotopic (exact) mass is 456 g/mol. The third kappa shape index (κ3) is 4.38. The molecule has 5 N–H and O–H groups in total. The van der Waals surface area contributed by atoms with Crippen molar-refractivity contribution < 1.29 is 18.6 Å². The number of nitrogens with zero attached hydrogens (tertiary/aromatic N) is 2. The minimum absolute atomic E-state index is 0.307. The Morgan fingerprint density at radius 1 is 1.25 bits per heavy atom. The summed E-state index contributed by atoms with van der Waals surface area (Å²) >= 11 is 0.